The van der Waals surface area contributed by atoms with Crippen LogP contribution in [0.2, 0.25) is 5.02 Å². The van der Waals surface area contributed by atoms with Crippen LogP contribution in [0.1, 0.15) is 40.7 Å². The van der Waals surface area contributed by atoms with Crippen molar-refractivity contribution in [3.63, 3.8) is 0 Å². The second-order valence-electron chi connectivity index (χ2n) is 11.2. The van der Waals surface area contributed by atoms with Crippen LogP contribution in [0, 0.1) is 23.3 Å². The molecule has 0 N–H and O–H groups in total. The number of nitrogens with zero attached hydrogens (tertiary/aromatic N) is 2. The number of halogens is 5. The summed E-state index contributed by atoms with van der Waals surface area (Å²) in [6.07, 6.45) is 0.240. The fourth-order valence-electron chi connectivity index (χ4n) is 5.84. The van der Waals surface area contributed by atoms with E-state index in [0.717, 1.165) is 18.6 Å². The predicted octanol–water partition coefficient (Wildman–Crippen LogP) is 7.72. The van der Waals surface area contributed by atoms with Crippen LogP contribution in [-0.2, 0) is 28.2 Å². The van der Waals surface area contributed by atoms with E-state index in [1.165, 1.54) is 44.4 Å². The number of methoxy groups -OCH3 is 1. The minimum atomic E-state index is -1.66. The first kappa shape index (κ1) is 30.1. The van der Waals surface area contributed by atoms with E-state index >= 15 is 13.2 Å². The van der Waals surface area contributed by atoms with Gasteiger partial charge in [-0.05, 0) is 55.0 Å². The smallest absolute Gasteiger partial charge is 0.337 e. The van der Waals surface area contributed by atoms with Crippen molar-refractivity contribution >= 4 is 28.6 Å². The molecule has 1 fully saturated rings. The third kappa shape index (κ3) is 5.03. The number of esters is 1. The van der Waals surface area contributed by atoms with Crippen LogP contribution in [0.4, 0.5) is 17.6 Å². The minimum absolute atomic E-state index is 0.00602. The molecule has 2 aliphatic heterocycles. The van der Waals surface area contributed by atoms with Gasteiger partial charge >= 0.3 is 5.97 Å². The highest BCUT2D eigenvalue weighted by molar-refractivity contribution is 6.30. The highest BCUT2D eigenvalue weighted by Crippen LogP contribution is 2.50. The van der Waals surface area contributed by atoms with Gasteiger partial charge in [0.1, 0.15) is 17.5 Å². The molecule has 0 spiro atoms. The van der Waals surface area contributed by atoms with Gasteiger partial charge in [0, 0.05) is 41.7 Å². The fourth-order valence-corrected chi connectivity index (χ4v) is 6.00. The molecule has 0 bridgehead atoms. The van der Waals surface area contributed by atoms with Gasteiger partial charge in [-0.2, -0.15) is 0 Å². The number of carbonyl (C=O) groups excluding carboxylic acids is 1. The maximum absolute atomic E-state index is 15.9. The van der Waals surface area contributed by atoms with E-state index in [2.05, 4.69) is 4.98 Å². The van der Waals surface area contributed by atoms with E-state index in [0.29, 0.717) is 24.2 Å². The first-order valence-electron chi connectivity index (χ1n) is 14.4. The highest BCUT2D eigenvalue weighted by Gasteiger charge is 2.42. The summed E-state index contributed by atoms with van der Waals surface area (Å²) in [4.78, 5) is 16.7. The van der Waals surface area contributed by atoms with Crippen molar-refractivity contribution < 1.29 is 41.3 Å². The van der Waals surface area contributed by atoms with Crippen LogP contribution < -0.4 is 9.47 Å². The number of benzene rings is 4. The Hall–Kier alpha value is -4.61. The maximum atomic E-state index is 15.9. The minimum Gasteiger partial charge on any atom is -0.465 e. The normalized spacial score (nSPS) is 18.5. The Morgan fingerprint density at radius 1 is 1.02 bits per heavy atom. The Bertz CT molecular complexity index is 2050. The molecule has 4 aromatic carbocycles. The lowest BCUT2D eigenvalue weighted by Gasteiger charge is -2.27. The zero-order valence-corrected chi connectivity index (χ0v) is 25.3. The SMILES string of the molecule is COC(=O)c1ccc2nc(Cc3c(F)cc(-c4cccc5c4OC(C)(c4ccc(Cl)cc4F)O5)c(F)c3F)n(CC3CCO3)c2c1. The molecule has 12 heteroatoms. The van der Waals surface area contributed by atoms with E-state index in [1.807, 2.05) is 0 Å². The zero-order chi connectivity index (χ0) is 32.3. The van der Waals surface area contributed by atoms with E-state index in [9.17, 15) is 9.18 Å². The average Bonchev–Trinajstić information content (AvgIpc) is 3.54. The molecule has 46 heavy (non-hydrogen) atoms. The molecule has 1 saturated heterocycles. The van der Waals surface area contributed by atoms with Crippen molar-refractivity contribution in [1.29, 1.82) is 0 Å². The van der Waals surface area contributed by atoms with Gasteiger partial charge < -0.3 is 23.5 Å². The highest BCUT2D eigenvalue weighted by atomic mass is 35.5. The Kier molecular flexibility index (Phi) is 7.40. The third-order valence-electron chi connectivity index (χ3n) is 8.31. The predicted molar refractivity (Wildman–Crippen MR) is 160 cm³/mol. The number of rotatable bonds is 7. The molecule has 0 saturated carbocycles. The molecule has 2 unspecified atom stereocenters. The molecular formula is C34H25ClF4N2O5. The summed E-state index contributed by atoms with van der Waals surface area (Å²) in [5.41, 5.74) is 0.419. The van der Waals surface area contributed by atoms with Gasteiger partial charge in [0.15, 0.2) is 23.1 Å². The molecule has 5 aromatic rings. The monoisotopic (exact) mass is 652 g/mol. The number of para-hydroxylation sites is 1. The molecule has 7 rings (SSSR count). The van der Waals surface area contributed by atoms with E-state index in [1.54, 1.807) is 22.8 Å². The van der Waals surface area contributed by atoms with Crippen LogP contribution in [0.15, 0.2) is 60.7 Å². The van der Waals surface area contributed by atoms with Gasteiger partial charge in [0.25, 0.3) is 5.79 Å². The molecule has 2 aliphatic rings. The Labute approximate surface area is 265 Å². The van der Waals surface area contributed by atoms with Crippen molar-refractivity contribution in [2.75, 3.05) is 13.7 Å². The van der Waals surface area contributed by atoms with Gasteiger partial charge in [0.05, 0.1) is 41.9 Å². The van der Waals surface area contributed by atoms with E-state index < -0.39 is 46.2 Å². The lowest BCUT2D eigenvalue weighted by molar-refractivity contribution is -0.0705. The Balaban J connectivity index is 1.26. The number of ether oxygens (including phenoxy) is 4. The molecule has 0 aliphatic carbocycles. The topological polar surface area (TPSA) is 71.8 Å². The van der Waals surface area contributed by atoms with Crippen molar-refractivity contribution in [2.24, 2.45) is 0 Å². The second-order valence-corrected chi connectivity index (χ2v) is 11.6. The summed E-state index contributed by atoms with van der Waals surface area (Å²) < 4.78 is 86.4. The third-order valence-corrected chi connectivity index (χ3v) is 8.54. The van der Waals surface area contributed by atoms with Crippen molar-refractivity contribution in [2.45, 2.75) is 38.2 Å². The zero-order valence-electron chi connectivity index (χ0n) is 24.5. The van der Waals surface area contributed by atoms with Crippen molar-refractivity contribution in [3.05, 3.63) is 111 Å². The first-order valence-corrected chi connectivity index (χ1v) is 14.8. The molecule has 236 valence electrons. The Morgan fingerprint density at radius 2 is 1.83 bits per heavy atom. The number of hydrogen-bond acceptors (Lipinski definition) is 6. The first-order chi connectivity index (χ1) is 22.1. The van der Waals surface area contributed by atoms with Gasteiger partial charge in [-0.3, -0.25) is 0 Å². The molecule has 2 atom stereocenters. The molecule has 3 heterocycles. The van der Waals surface area contributed by atoms with Crippen LogP contribution >= 0.6 is 11.6 Å². The Morgan fingerprint density at radius 3 is 2.54 bits per heavy atom. The summed E-state index contributed by atoms with van der Waals surface area (Å²) in [6.45, 7) is 2.38. The molecule has 7 nitrogen and oxygen atoms in total. The average molecular weight is 653 g/mol. The molecule has 1 aromatic heterocycles. The van der Waals surface area contributed by atoms with Crippen molar-refractivity contribution in [1.82, 2.24) is 9.55 Å². The van der Waals surface area contributed by atoms with Crippen LogP contribution in [0.3, 0.4) is 0 Å². The number of fused-ring (bicyclic) bond motifs is 2. The quantitative estimate of drug-likeness (QED) is 0.102. The van der Waals surface area contributed by atoms with E-state index in [-0.39, 0.29) is 51.6 Å². The van der Waals surface area contributed by atoms with Crippen LogP contribution in [0.5, 0.6) is 11.5 Å². The number of carbonyl (C=O) groups is 1. The summed E-state index contributed by atoms with van der Waals surface area (Å²) in [7, 11) is 1.27. The summed E-state index contributed by atoms with van der Waals surface area (Å²) in [5.74, 6) is -6.21. The van der Waals surface area contributed by atoms with Crippen LogP contribution in [-0.4, -0.2) is 35.3 Å². The number of imidazole rings is 1. The lowest BCUT2D eigenvalue weighted by Crippen LogP contribution is -2.32. The summed E-state index contributed by atoms with van der Waals surface area (Å²) in [6, 6.07) is 14.1. The lowest BCUT2D eigenvalue weighted by atomic mass is 9.99. The molecular weight excluding hydrogens is 628 g/mol. The fraction of sp³-hybridized carbons (Fsp3) is 0.235. The summed E-state index contributed by atoms with van der Waals surface area (Å²) >= 11 is 5.90. The number of aromatic nitrogens is 2. The largest absolute Gasteiger partial charge is 0.465 e. The van der Waals surface area contributed by atoms with Crippen molar-refractivity contribution in [3.8, 4) is 22.6 Å². The van der Waals surface area contributed by atoms with Crippen LogP contribution in [0.25, 0.3) is 22.2 Å². The molecule has 0 amide bonds. The summed E-state index contributed by atoms with van der Waals surface area (Å²) in [5, 5.41) is 0.173. The van der Waals surface area contributed by atoms with Gasteiger partial charge in [-0.1, -0.05) is 23.7 Å². The van der Waals surface area contributed by atoms with Gasteiger partial charge in [0.2, 0.25) is 0 Å². The van der Waals surface area contributed by atoms with E-state index in [4.69, 9.17) is 30.5 Å². The molecule has 0 radical (unpaired) electrons. The van der Waals surface area contributed by atoms with Gasteiger partial charge in [-0.15, -0.1) is 0 Å². The standard InChI is InChI=1S/C34H25ClF4N2O5/c1-34(23-8-7-18(35)13-25(23)37)45-28-5-3-4-20(32(28)46-34)21-14-24(36)22(31(39)30(21)38)15-29-40-26-9-6-17(33(42)43-2)12-27(26)41(29)16-19-10-11-44-19/h3-9,12-14,19H,10-11,15-16H2,1-2H3. The maximum Gasteiger partial charge on any atom is 0.337 e. The number of hydrogen-bond donors (Lipinski definition) is 0. The van der Waals surface area contributed by atoms with Gasteiger partial charge in [-0.25, -0.2) is 27.3 Å². The second kappa shape index (κ2) is 11.3.